The van der Waals surface area contributed by atoms with Crippen LogP contribution < -0.4 is 11.1 Å². The van der Waals surface area contributed by atoms with Crippen LogP contribution in [0.15, 0.2) is 18.3 Å². The van der Waals surface area contributed by atoms with Gasteiger partial charge in [0, 0.05) is 18.3 Å². The van der Waals surface area contributed by atoms with Gasteiger partial charge in [0.1, 0.15) is 5.82 Å². The molecule has 3 heterocycles. The number of hydrogen-bond donors (Lipinski definition) is 3. The highest BCUT2D eigenvalue weighted by atomic mass is 16.4. The molecule has 0 atom stereocenters. The zero-order chi connectivity index (χ0) is 12.7. The summed E-state index contributed by atoms with van der Waals surface area (Å²) < 4.78 is 1.79. The number of imidazole rings is 1. The fourth-order valence-electron chi connectivity index (χ4n) is 2.22. The van der Waals surface area contributed by atoms with Gasteiger partial charge >= 0.3 is 5.97 Å². The predicted octanol–water partition coefficient (Wildman–Crippen LogP) is 0.377. The Bertz CT molecular complexity index is 616. The van der Waals surface area contributed by atoms with Crippen molar-refractivity contribution in [2.45, 2.75) is 6.42 Å². The van der Waals surface area contributed by atoms with E-state index in [4.69, 9.17) is 10.8 Å². The maximum Gasteiger partial charge on any atom is 0.356 e. The number of hydrogen-bond acceptors (Lipinski definition) is 4. The molecule has 0 radical (unpaired) electrons. The lowest BCUT2D eigenvalue weighted by Crippen LogP contribution is -2.43. The molecule has 94 valence electrons. The van der Waals surface area contributed by atoms with Crippen molar-refractivity contribution in [3.05, 3.63) is 29.8 Å². The molecule has 2 aromatic heterocycles. The number of pyridine rings is 1. The molecule has 0 amide bonds. The Kier molecular flexibility index (Phi) is 2.45. The van der Waals surface area contributed by atoms with Crippen molar-refractivity contribution in [3.63, 3.8) is 0 Å². The highest BCUT2D eigenvalue weighted by molar-refractivity contribution is 5.93. The number of anilines is 1. The second kappa shape index (κ2) is 3.99. The van der Waals surface area contributed by atoms with E-state index in [1.165, 1.54) is 0 Å². The van der Waals surface area contributed by atoms with Crippen molar-refractivity contribution in [1.82, 2.24) is 14.7 Å². The number of nitrogens with zero attached hydrogens (tertiary/aromatic N) is 2. The fourth-order valence-corrected chi connectivity index (χ4v) is 2.22. The lowest BCUT2D eigenvalue weighted by Gasteiger charge is -2.26. The number of fused-ring (bicyclic) bond motifs is 1. The van der Waals surface area contributed by atoms with Gasteiger partial charge in [0.2, 0.25) is 0 Å². The van der Waals surface area contributed by atoms with E-state index in [1.807, 2.05) is 0 Å². The molecule has 1 aliphatic rings. The van der Waals surface area contributed by atoms with Crippen molar-refractivity contribution < 1.29 is 9.90 Å². The molecule has 0 aliphatic carbocycles. The van der Waals surface area contributed by atoms with Crippen LogP contribution in [0.25, 0.3) is 5.52 Å². The van der Waals surface area contributed by atoms with Crippen LogP contribution in [0, 0.1) is 5.92 Å². The summed E-state index contributed by atoms with van der Waals surface area (Å²) in [6, 6.07) is 3.40. The third-order valence-electron chi connectivity index (χ3n) is 3.27. The third kappa shape index (κ3) is 1.70. The van der Waals surface area contributed by atoms with Gasteiger partial charge in [0.25, 0.3) is 0 Å². The van der Waals surface area contributed by atoms with E-state index in [9.17, 15) is 4.79 Å². The van der Waals surface area contributed by atoms with Gasteiger partial charge in [-0.25, -0.2) is 9.78 Å². The quantitative estimate of drug-likeness (QED) is 0.728. The second-order valence-corrected chi connectivity index (χ2v) is 4.63. The first-order valence-electron chi connectivity index (χ1n) is 5.85. The van der Waals surface area contributed by atoms with Crippen molar-refractivity contribution in [3.8, 4) is 0 Å². The maximum atomic E-state index is 11.2. The van der Waals surface area contributed by atoms with Crippen LogP contribution in [0.3, 0.4) is 0 Å². The second-order valence-electron chi connectivity index (χ2n) is 4.63. The van der Waals surface area contributed by atoms with E-state index in [0.717, 1.165) is 25.3 Å². The Balaban J connectivity index is 2.10. The summed E-state index contributed by atoms with van der Waals surface area (Å²) in [5.74, 6) is 0.287. The largest absolute Gasteiger partial charge is 0.476 e. The molecule has 6 nitrogen and oxygen atoms in total. The highest BCUT2D eigenvalue weighted by Crippen LogP contribution is 2.19. The Morgan fingerprint density at radius 2 is 2.33 bits per heavy atom. The van der Waals surface area contributed by atoms with Crippen LogP contribution in [-0.2, 0) is 6.42 Å². The average Bonchev–Trinajstić information content (AvgIpc) is 2.62. The maximum absolute atomic E-state index is 11.2. The summed E-state index contributed by atoms with van der Waals surface area (Å²) in [4.78, 5) is 15.4. The number of carboxylic acids is 1. The van der Waals surface area contributed by atoms with E-state index in [1.54, 1.807) is 22.7 Å². The number of carboxylic acid groups (broad SMARTS) is 1. The van der Waals surface area contributed by atoms with Gasteiger partial charge in [-0.05, 0) is 31.1 Å². The molecule has 6 heteroatoms. The topological polar surface area (TPSA) is 92.7 Å². The first-order valence-corrected chi connectivity index (χ1v) is 5.85. The Morgan fingerprint density at radius 1 is 1.56 bits per heavy atom. The van der Waals surface area contributed by atoms with Gasteiger partial charge in [-0.15, -0.1) is 0 Å². The minimum atomic E-state index is -1.00. The molecule has 0 spiro atoms. The van der Waals surface area contributed by atoms with Crippen molar-refractivity contribution in [2.24, 2.45) is 5.92 Å². The Morgan fingerprint density at radius 3 is 2.94 bits per heavy atom. The van der Waals surface area contributed by atoms with Crippen LogP contribution in [0.4, 0.5) is 5.69 Å². The SMILES string of the molecule is Nc1ccc2c(C(=O)O)nc(CC3CNC3)n2c1. The number of aromatic nitrogens is 2. The van der Waals surface area contributed by atoms with Crippen LogP contribution in [0.1, 0.15) is 16.3 Å². The number of nitrogen functional groups attached to an aromatic ring is 1. The van der Waals surface area contributed by atoms with Gasteiger partial charge in [0.05, 0.1) is 5.52 Å². The van der Waals surface area contributed by atoms with Crippen LogP contribution >= 0.6 is 0 Å². The zero-order valence-corrected chi connectivity index (χ0v) is 9.76. The molecule has 4 N–H and O–H groups in total. The molecule has 18 heavy (non-hydrogen) atoms. The average molecular weight is 246 g/mol. The Labute approximate surface area is 103 Å². The predicted molar refractivity (Wildman–Crippen MR) is 66.6 cm³/mol. The van der Waals surface area contributed by atoms with Gasteiger partial charge in [-0.1, -0.05) is 0 Å². The van der Waals surface area contributed by atoms with Gasteiger partial charge < -0.3 is 20.6 Å². The third-order valence-corrected chi connectivity index (χ3v) is 3.27. The number of rotatable bonds is 3. The van der Waals surface area contributed by atoms with E-state index < -0.39 is 5.97 Å². The van der Waals surface area contributed by atoms with Crippen molar-refractivity contribution in [2.75, 3.05) is 18.8 Å². The van der Waals surface area contributed by atoms with Gasteiger partial charge in [-0.2, -0.15) is 0 Å². The lowest BCUT2D eigenvalue weighted by molar-refractivity contribution is 0.0693. The van der Waals surface area contributed by atoms with E-state index in [2.05, 4.69) is 10.3 Å². The molecule has 1 aliphatic heterocycles. The molecule has 1 saturated heterocycles. The standard InChI is InChI=1S/C12H14N4O2/c13-8-1-2-9-11(12(17)18)15-10(16(9)6-8)3-7-4-14-5-7/h1-2,6-7,14H,3-5,13H2,(H,17,18). The van der Waals surface area contributed by atoms with E-state index in [-0.39, 0.29) is 5.69 Å². The van der Waals surface area contributed by atoms with E-state index in [0.29, 0.717) is 17.1 Å². The number of nitrogens with one attached hydrogen (secondary N) is 1. The summed E-state index contributed by atoms with van der Waals surface area (Å²) in [6.07, 6.45) is 2.50. The minimum Gasteiger partial charge on any atom is -0.476 e. The molecule has 0 aromatic carbocycles. The molecule has 0 unspecified atom stereocenters. The van der Waals surface area contributed by atoms with Crippen molar-refractivity contribution in [1.29, 1.82) is 0 Å². The summed E-state index contributed by atoms with van der Waals surface area (Å²) in [5, 5.41) is 12.3. The zero-order valence-electron chi connectivity index (χ0n) is 9.76. The first-order chi connectivity index (χ1) is 8.65. The van der Waals surface area contributed by atoms with Crippen molar-refractivity contribution >= 4 is 17.2 Å². The molecule has 2 aromatic rings. The van der Waals surface area contributed by atoms with Crippen LogP contribution in [0.2, 0.25) is 0 Å². The number of carbonyl (C=O) groups is 1. The first kappa shape index (κ1) is 11.0. The molecule has 1 fully saturated rings. The number of aromatic carboxylic acids is 1. The van der Waals surface area contributed by atoms with Crippen LogP contribution in [0.5, 0.6) is 0 Å². The number of nitrogens with two attached hydrogens (primary N) is 1. The molecule has 0 bridgehead atoms. The normalized spacial score (nSPS) is 15.8. The molecule has 0 saturated carbocycles. The summed E-state index contributed by atoms with van der Waals surface area (Å²) >= 11 is 0. The summed E-state index contributed by atoms with van der Waals surface area (Å²) in [7, 11) is 0. The fraction of sp³-hybridized carbons (Fsp3) is 0.333. The minimum absolute atomic E-state index is 0.0947. The van der Waals surface area contributed by atoms with E-state index >= 15 is 0 Å². The highest BCUT2D eigenvalue weighted by Gasteiger charge is 2.22. The van der Waals surface area contributed by atoms with Gasteiger partial charge in [0.15, 0.2) is 5.69 Å². The summed E-state index contributed by atoms with van der Waals surface area (Å²) in [6.45, 7) is 1.92. The lowest BCUT2D eigenvalue weighted by atomic mass is 9.99. The van der Waals surface area contributed by atoms with Gasteiger partial charge in [-0.3, -0.25) is 0 Å². The smallest absolute Gasteiger partial charge is 0.356 e. The molecular weight excluding hydrogens is 232 g/mol. The molecular formula is C12H14N4O2. The van der Waals surface area contributed by atoms with Crippen LogP contribution in [-0.4, -0.2) is 33.6 Å². The molecule has 3 rings (SSSR count). The Hall–Kier alpha value is -2.08. The monoisotopic (exact) mass is 246 g/mol. The summed E-state index contributed by atoms with van der Waals surface area (Å²) in [5.41, 5.74) is 7.04.